The molecule has 0 bridgehead atoms. The maximum atomic E-state index is 12.4. The summed E-state index contributed by atoms with van der Waals surface area (Å²) in [5.74, 6) is 1.59. The quantitative estimate of drug-likeness (QED) is 0.783. The summed E-state index contributed by atoms with van der Waals surface area (Å²) in [4.78, 5) is 21.7. The summed E-state index contributed by atoms with van der Waals surface area (Å²) in [6.45, 7) is 8.07. The zero-order valence-electron chi connectivity index (χ0n) is 17.1. The average molecular weight is 383 g/mol. The molecular weight excluding hydrogens is 352 g/mol. The molecule has 6 nitrogen and oxygen atoms in total. The topological polar surface area (TPSA) is 62.5 Å². The molecule has 6 heteroatoms. The first kappa shape index (κ1) is 19.1. The number of amides is 1. The highest BCUT2D eigenvalue weighted by molar-refractivity contribution is 5.76. The number of carbonyl (C=O) groups is 1. The zero-order chi connectivity index (χ0) is 19.7. The SMILES string of the molecule is CCC(=O)N1CCC[C@@H]1[C@@H]1CCCN1[C@H](C)c1nc(-c2ccccc2C)no1. The molecule has 2 aliphatic heterocycles. The van der Waals surface area contributed by atoms with Gasteiger partial charge in [-0.05, 0) is 51.6 Å². The van der Waals surface area contributed by atoms with E-state index in [-0.39, 0.29) is 11.9 Å². The highest BCUT2D eigenvalue weighted by Gasteiger charge is 2.42. The van der Waals surface area contributed by atoms with Crippen LogP contribution in [-0.4, -0.2) is 51.0 Å². The van der Waals surface area contributed by atoms with Crippen molar-refractivity contribution in [3.05, 3.63) is 35.7 Å². The lowest BCUT2D eigenvalue weighted by atomic mass is 10.0. The number of likely N-dealkylation sites (tertiary alicyclic amines) is 2. The van der Waals surface area contributed by atoms with E-state index in [0.29, 0.717) is 30.2 Å². The molecule has 4 rings (SSSR count). The molecule has 28 heavy (non-hydrogen) atoms. The predicted octanol–water partition coefficient (Wildman–Crippen LogP) is 3.97. The molecular formula is C22H30N4O2. The fourth-order valence-electron chi connectivity index (χ4n) is 4.89. The van der Waals surface area contributed by atoms with Crippen LogP contribution in [0.15, 0.2) is 28.8 Å². The normalized spacial score (nSPS) is 24.0. The number of aromatic nitrogens is 2. The van der Waals surface area contributed by atoms with Crippen molar-refractivity contribution in [2.75, 3.05) is 13.1 Å². The highest BCUT2D eigenvalue weighted by Crippen LogP contribution is 2.36. The first-order valence-corrected chi connectivity index (χ1v) is 10.5. The fourth-order valence-corrected chi connectivity index (χ4v) is 4.89. The number of benzene rings is 1. The van der Waals surface area contributed by atoms with Gasteiger partial charge in [0, 0.05) is 30.6 Å². The van der Waals surface area contributed by atoms with Gasteiger partial charge in [0.2, 0.25) is 17.6 Å². The van der Waals surface area contributed by atoms with Crippen molar-refractivity contribution >= 4 is 5.91 Å². The molecule has 0 radical (unpaired) electrons. The Hall–Kier alpha value is -2.21. The molecule has 3 atom stereocenters. The van der Waals surface area contributed by atoms with Crippen LogP contribution < -0.4 is 0 Å². The van der Waals surface area contributed by atoms with E-state index in [0.717, 1.165) is 49.9 Å². The lowest BCUT2D eigenvalue weighted by Gasteiger charge is -2.36. The molecule has 0 saturated carbocycles. The van der Waals surface area contributed by atoms with E-state index < -0.39 is 0 Å². The number of rotatable bonds is 5. The Kier molecular flexibility index (Phi) is 5.49. The first-order valence-electron chi connectivity index (χ1n) is 10.5. The molecule has 1 aromatic heterocycles. The minimum Gasteiger partial charge on any atom is -0.338 e. The van der Waals surface area contributed by atoms with Gasteiger partial charge in [-0.1, -0.05) is 36.3 Å². The van der Waals surface area contributed by atoms with Crippen LogP contribution >= 0.6 is 0 Å². The van der Waals surface area contributed by atoms with Crippen LogP contribution in [0.3, 0.4) is 0 Å². The minimum absolute atomic E-state index is 0.0527. The van der Waals surface area contributed by atoms with E-state index in [1.807, 2.05) is 25.1 Å². The Balaban J connectivity index is 1.54. The molecule has 0 spiro atoms. The largest absolute Gasteiger partial charge is 0.338 e. The van der Waals surface area contributed by atoms with Gasteiger partial charge >= 0.3 is 0 Å². The van der Waals surface area contributed by atoms with E-state index in [2.05, 4.69) is 34.9 Å². The van der Waals surface area contributed by atoms with Gasteiger partial charge in [-0.25, -0.2) is 0 Å². The minimum atomic E-state index is 0.0527. The predicted molar refractivity (Wildman–Crippen MR) is 108 cm³/mol. The summed E-state index contributed by atoms with van der Waals surface area (Å²) in [5, 5.41) is 4.24. The first-order chi connectivity index (χ1) is 13.6. The molecule has 2 fully saturated rings. The summed E-state index contributed by atoms with van der Waals surface area (Å²) < 4.78 is 5.67. The van der Waals surface area contributed by atoms with Gasteiger partial charge in [0.25, 0.3) is 0 Å². The van der Waals surface area contributed by atoms with Gasteiger partial charge < -0.3 is 9.42 Å². The van der Waals surface area contributed by atoms with E-state index in [9.17, 15) is 4.79 Å². The number of nitrogens with zero attached hydrogens (tertiary/aromatic N) is 4. The lowest BCUT2D eigenvalue weighted by molar-refractivity contribution is -0.132. The van der Waals surface area contributed by atoms with Crippen molar-refractivity contribution in [1.29, 1.82) is 0 Å². The van der Waals surface area contributed by atoms with Gasteiger partial charge in [0.05, 0.1) is 6.04 Å². The summed E-state index contributed by atoms with van der Waals surface area (Å²) in [7, 11) is 0. The van der Waals surface area contributed by atoms with Gasteiger partial charge in [-0.2, -0.15) is 4.98 Å². The molecule has 2 aliphatic rings. The molecule has 1 aromatic carbocycles. The second kappa shape index (κ2) is 8.03. The summed E-state index contributed by atoms with van der Waals surface area (Å²) in [5.41, 5.74) is 2.15. The molecule has 150 valence electrons. The van der Waals surface area contributed by atoms with E-state index in [4.69, 9.17) is 9.51 Å². The average Bonchev–Trinajstić information content (AvgIpc) is 3.46. The Bertz CT molecular complexity index is 833. The molecule has 3 heterocycles. The van der Waals surface area contributed by atoms with Crippen molar-refractivity contribution < 1.29 is 9.32 Å². The maximum absolute atomic E-state index is 12.4. The lowest BCUT2D eigenvalue weighted by Crippen LogP contribution is -2.48. The number of aryl methyl sites for hydroxylation is 1. The fraction of sp³-hybridized carbons (Fsp3) is 0.591. The van der Waals surface area contributed by atoms with Gasteiger partial charge in [0.1, 0.15) is 0 Å². The van der Waals surface area contributed by atoms with Crippen LogP contribution in [-0.2, 0) is 4.79 Å². The van der Waals surface area contributed by atoms with Gasteiger partial charge in [-0.3, -0.25) is 9.69 Å². The van der Waals surface area contributed by atoms with E-state index in [1.54, 1.807) is 0 Å². The molecule has 1 amide bonds. The van der Waals surface area contributed by atoms with Gasteiger partial charge in [-0.15, -0.1) is 0 Å². The van der Waals surface area contributed by atoms with Crippen LogP contribution in [0.25, 0.3) is 11.4 Å². The Morgan fingerprint density at radius 1 is 1.21 bits per heavy atom. The smallest absolute Gasteiger partial charge is 0.244 e. The zero-order valence-corrected chi connectivity index (χ0v) is 17.1. The monoisotopic (exact) mass is 382 g/mol. The number of carbonyl (C=O) groups excluding carboxylic acids is 1. The van der Waals surface area contributed by atoms with Crippen molar-refractivity contribution in [1.82, 2.24) is 19.9 Å². The molecule has 2 saturated heterocycles. The summed E-state index contributed by atoms with van der Waals surface area (Å²) in [6.07, 6.45) is 5.06. The van der Waals surface area contributed by atoms with E-state index in [1.165, 1.54) is 0 Å². The van der Waals surface area contributed by atoms with Crippen LogP contribution in [0.2, 0.25) is 0 Å². The van der Waals surface area contributed by atoms with Gasteiger partial charge in [0.15, 0.2) is 0 Å². The third-order valence-corrected chi connectivity index (χ3v) is 6.39. The Morgan fingerprint density at radius 3 is 2.75 bits per heavy atom. The summed E-state index contributed by atoms with van der Waals surface area (Å²) >= 11 is 0. The van der Waals surface area contributed by atoms with Crippen LogP contribution in [0.4, 0.5) is 0 Å². The Morgan fingerprint density at radius 2 is 1.96 bits per heavy atom. The molecule has 0 N–H and O–H groups in total. The standard InChI is InChI=1S/C22H30N4O2/c1-4-20(27)26-14-8-12-19(26)18-11-7-13-25(18)16(3)22-23-21(24-28-22)17-10-6-5-9-15(17)2/h5-6,9-10,16,18-19H,4,7-8,11-14H2,1-3H3/t16-,18+,19-/m1/s1. The van der Waals surface area contributed by atoms with E-state index >= 15 is 0 Å². The van der Waals surface area contributed by atoms with Crippen molar-refractivity contribution in [2.45, 2.75) is 71.0 Å². The number of hydrogen-bond donors (Lipinski definition) is 0. The van der Waals surface area contributed by atoms with Crippen molar-refractivity contribution in [3.8, 4) is 11.4 Å². The Labute approximate surface area is 166 Å². The summed E-state index contributed by atoms with van der Waals surface area (Å²) in [6, 6.07) is 8.85. The maximum Gasteiger partial charge on any atom is 0.244 e. The second-order valence-corrected chi connectivity index (χ2v) is 8.04. The van der Waals surface area contributed by atoms with Crippen LogP contribution in [0.5, 0.6) is 0 Å². The molecule has 0 unspecified atom stereocenters. The second-order valence-electron chi connectivity index (χ2n) is 8.04. The molecule has 2 aromatic rings. The number of hydrogen-bond acceptors (Lipinski definition) is 5. The van der Waals surface area contributed by atoms with Crippen LogP contribution in [0.1, 0.15) is 63.4 Å². The molecule has 0 aliphatic carbocycles. The van der Waals surface area contributed by atoms with Crippen molar-refractivity contribution in [3.63, 3.8) is 0 Å². The third-order valence-electron chi connectivity index (χ3n) is 6.39. The third kappa shape index (κ3) is 3.46. The van der Waals surface area contributed by atoms with Crippen LogP contribution in [0, 0.1) is 6.92 Å². The highest BCUT2D eigenvalue weighted by atomic mass is 16.5. The van der Waals surface area contributed by atoms with Crippen molar-refractivity contribution in [2.24, 2.45) is 0 Å².